The van der Waals surface area contributed by atoms with Crippen molar-refractivity contribution >= 4 is 28.9 Å². The lowest BCUT2D eigenvalue weighted by atomic mass is 9.90. The Morgan fingerprint density at radius 2 is 2.00 bits per heavy atom. The molecule has 1 aliphatic carbocycles. The van der Waals surface area contributed by atoms with E-state index < -0.39 is 0 Å². The lowest BCUT2D eigenvalue weighted by Gasteiger charge is -2.21. The molecule has 6 heteroatoms. The molecular formula is C22H21ClN4S. The number of hydrogen-bond acceptors (Lipinski definition) is 4. The summed E-state index contributed by atoms with van der Waals surface area (Å²) in [4.78, 5) is 7.46. The number of aryl methyl sites for hydroxylation is 1. The molecule has 3 heterocycles. The fourth-order valence-corrected chi connectivity index (χ4v) is 5.12. The van der Waals surface area contributed by atoms with Crippen LogP contribution in [0.1, 0.15) is 18.5 Å². The van der Waals surface area contributed by atoms with E-state index in [0.29, 0.717) is 6.04 Å². The van der Waals surface area contributed by atoms with Crippen LogP contribution in [0, 0.1) is 0 Å². The second kappa shape index (κ2) is 6.99. The first-order valence-electron chi connectivity index (χ1n) is 9.38. The Balaban J connectivity index is 1.62. The first-order valence-corrected chi connectivity index (χ1v) is 10.6. The van der Waals surface area contributed by atoms with Crippen molar-refractivity contribution in [2.24, 2.45) is 7.05 Å². The average Bonchev–Trinajstić information content (AvgIpc) is 3.23. The standard InChI is InChI=1S/C22H21ClN4S/c1-26-11-3-4-18-21(28-17-8-6-16(23)7-9-17)20(24-22(18)26)14-5-10-19-15(12-14)13-27(2)25-19/h3-4,6-9,11-13,19,25H,5,10H2,1-2H3. The van der Waals surface area contributed by atoms with Crippen LogP contribution in [0.25, 0.3) is 17.0 Å². The van der Waals surface area contributed by atoms with Gasteiger partial charge in [-0.05, 0) is 60.4 Å². The molecule has 0 fully saturated rings. The molecule has 0 saturated heterocycles. The summed E-state index contributed by atoms with van der Waals surface area (Å²) >= 11 is 7.84. The summed E-state index contributed by atoms with van der Waals surface area (Å²) < 4.78 is 2.10. The normalized spacial score (nSPS) is 19.0. The van der Waals surface area contributed by atoms with Crippen molar-refractivity contribution in [3.05, 3.63) is 71.2 Å². The van der Waals surface area contributed by atoms with Crippen molar-refractivity contribution in [2.75, 3.05) is 7.05 Å². The van der Waals surface area contributed by atoms with Crippen LogP contribution in [0.5, 0.6) is 0 Å². The third-order valence-electron chi connectivity index (χ3n) is 5.31. The van der Waals surface area contributed by atoms with Gasteiger partial charge in [0.25, 0.3) is 0 Å². The fourth-order valence-electron chi connectivity index (χ4n) is 3.95. The van der Waals surface area contributed by atoms with Crippen LogP contribution in [-0.2, 0) is 7.05 Å². The topological polar surface area (TPSA) is 33.1 Å². The number of fused-ring (bicyclic) bond motifs is 2. The molecule has 1 unspecified atom stereocenters. The van der Waals surface area contributed by atoms with Crippen molar-refractivity contribution in [3.63, 3.8) is 0 Å². The van der Waals surface area contributed by atoms with E-state index in [1.165, 1.54) is 26.5 Å². The van der Waals surface area contributed by atoms with Crippen LogP contribution in [-0.4, -0.2) is 27.6 Å². The summed E-state index contributed by atoms with van der Waals surface area (Å²) in [7, 11) is 4.11. The second-order valence-electron chi connectivity index (χ2n) is 7.33. The summed E-state index contributed by atoms with van der Waals surface area (Å²) in [6.45, 7) is 0. The van der Waals surface area contributed by atoms with E-state index in [1.54, 1.807) is 11.8 Å². The summed E-state index contributed by atoms with van der Waals surface area (Å²) in [5.74, 6) is 1.02. The molecule has 4 nitrogen and oxygen atoms in total. The molecule has 0 saturated carbocycles. The number of aromatic nitrogens is 2. The number of halogens is 1. The minimum absolute atomic E-state index is 0.418. The summed E-state index contributed by atoms with van der Waals surface area (Å²) in [5.41, 5.74) is 8.42. The van der Waals surface area contributed by atoms with E-state index in [4.69, 9.17) is 16.6 Å². The minimum Gasteiger partial charge on any atom is -0.336 e. The minimum atomic E-state index is 0.418. The summed E-state index contributed by atoms with van der Waals surface area (Å²) in [6, 6.07) is 12.7. The Kier molecular flexibility index (Phi) is 4.46. The van der Waals surface area contributed by atoms with Gasteiger partial charge in [-0.3, -0.25) is 0 Å². The molecule has 1 atom stereocenters. The van der Waals surface area contributed by atoms with Crippen molar-refractivity contribution in [3.8, 4) is 11.4 Å². The maximum atomic E-state index is 6.08. The van der Waals surface area contributed by atoms with Gasteiger partial charge in [-0.1, -0.05) is 29.4 Å². The highest BCUT2D eigenvalue weighted by Gasteiger charge is 2.29. The number of nitrogens with zero attached hydrogens (tertiary/aromatic N) is 3. The number of allylic oxidation sites excluding steroid dienone is 1. The van der Waals surface area contributed by atoms with E-state index in [9.17, 15) is 0 Å². The third kappa shape index (κ3) is 3.13. The number of rotatable bonds is 3. The van der Waals surface area contributed by atoms with Gasteiger partial charge in [0.1, 0.15) is 5.82 Å². The van der Waals surface area contributed by atoms with Gasteiger partial charge in [-0.2, -0.15) is 0 Å². The Morgan fingerprint density at radius 1 is 1.18 bits per heavy atom. The van der Waals surface area contributed by atoms with Crippen LogP contribution in [0.2, 0.25) is 5.02 Å². The van der Waals surface area contributed by atoms with Crippen molar-refractivity contribution in [1.82, 2.24) is 20.0 Å². The van der Waals surface area contributed by atoms with E-state index in [-0.39, 0.29) is 0 Å². The molecule has 28 heavy (non-hydrogen) atoms. The van der Waals surface area contributed by atoms with Gasteiger partial charge in [0.2, 0.25) is 0 Å². The molecule has 0 radical (unpaired) electrons. The Labute approximate surface area is 174 Å². The summed E-state index contributed by atoms with van der Waals surface area (Å²) in [5, 5.41) is 2.81. The zero-order valence-corrected chi connectivity index (χ0v) is 17.4. The molecule has 4 aliphatic rings. The fraction of sp³-hybridized carbons (Fsp3) is 0.227. The molecule has 1 aromatic carbocycles. The maximum absolute atomic E-state index is 6.08. The van der Waals surface area contributed by atoms with Crippen molar-refractivity contribution in [2.45, 2.75) is 28.7 Å². The van der Waals surface area contributed by atoms with E-state index >= 15 is 0 Å². The summed E-state index contributed by atoms with van der Waals surface area (Å²) in [6.07, 6.45) is 8.66. The van der Waals surface area contributed by atoms with Crippen molar-refractivity contribution < 1.29 is 0 Å². The first kappa shape index (κ1) is 17.9. The number of benzene rings is 1. The molecule has 0 aromatic heterocycles. The van der Waals surface area contributed by atoms with E-state index in [1.807, 2.05) is 12.1 Å². The molecule has 0 spiro atoms. The number of nitrogens with one attached hydrogen (secondary N) is 1. The quantitative estimate of drug-likeness (QED) is 0.645. The molecule has 5 rings (SSSR count). The third-order valence-corrected chi connectivity index (χ3v) is 6.69. The predicted molar refractivity (Wildman–Crippen MR) is 115 cm³/mol. The number of hydrazine groups is 1. The smallest absolute Gasteiger partial charge is 0.141 e. The van der Waals surface area contributed by atoms with Crippen molar-refractivity contribution in [1.29, 1.82) is 0 Å². The Bertz CT molecular complexity index is 1070. The first-order chi connectivity index (χ1) is 13.6. The Morgan fingerprint density at radius 3 is 2.82 bits per heavy atom. The average molecular weight is 409 g/mol. The molecular weight excluding hydrogens is 388 g/mol. The lowest BCUT2D eigenvalue weighted by molar-refractivity contribution is 0.321. The van der Waals surface area contributed by atoms with Gasteiger partial charge in [0.05, 0.1) is 11.7 Å². The zero-order chi connectivity index (χ0) is 19.3. The van der Waals surface area contributed by atoms with Gasteiger partial charge < -0.3 is 9.58 Å². The van der Waals surface area contributed by atoms with E-state index in [2.05, 4.69) is 71.8 Å². The van der Waals surface area contributed by atoms with Crippen LogP contribution in [0.15, 0.2) is 70.2 Å². The molecule has 3 aliphatic heterocycles. The van der Waals surface area contributed by atoms with Gasteiger partial charge in [0, 0.05) is 46.9 Å². The Hall–Kier alpha value is -2.21. The second-order valence-corrected chi connectivity index (χ2v) is 8.85. The SMILES string of the molecule is CN1C=C2C=C(c3nc4n(C)cccc-4c3Sc3ccc(Cl)cc3)CCC2N1. The zero-order valence-electron chi connectivity index (χ0n) is 15.8. The number of pyridine rings is 1. The maximum Gasteiger partial charge on any atom is 0.141 e. The lowest BCUT2D eigenvalue weighted by Crippen LogP contribution is -2.34. The monoisotopic (exact) mass is 408 g/mol. The molecule has 1 aromatic rings. The molecule has 0 bridgehead atoms. The molecule has 142 valence electrons. The highest BCUT2D eigenvalue weighted by molar-refractivity contribution is 7.99. The van der Waals surface area contributed by atoms with Crippen LogP contribution < -0.4 is 5.43 Å². The number of hydrogen-bond donors (Lipinski definition) is 1. The van der Waals surface area contributed by atoms with Gasteiger partial charge in [0.15, 0.2) is 0 Å². The molecule has 0 amide bonds. The largest absolute Gasteiger partial charge is 0.336 e. The van der Waals surface area contributed by atoms with Crippen LogP contribution in [0.3, 0.4) is 0 Å². The van der Waals surface area contributed by atoms with Gasteiger partial charge in [-0.15, -0.1) is 0 Å². The van der Waals surface area contributed by atoms with Crippen LogP contribution >= 0.6 is 23.4 Å². The van der Waals surface area contributed by atoms with Crippen LogP contribution in [0.4, 0.5) is 0 Å². The highest BCUT2D eigenvalue weighted by Crippen LogP contribution is 2.45. The highest BCUT2D eigenvalue weighted by atomic mass is 35.5. The molecule has 1 N–H and O–H groups in total. The predicted octanol–water partition coefficient (Wildman–Crippen LogP) is 5.21. The van der Waals surface area contributed by atoms with Gasteiger partial charge in [-0.25, -0.2) is 10.4 Å². The van der Waals surface area contributed by atoms with E-state index in [0.717, 1.165) is 29.4 Å². The van der Waals surface area contributed by atoms with Gasteiger partial charge >= 0.3 is 0 Å².